The molecule has 0 spiro atoms. The molecule has 3 unspecified atom stereocenters. The molecule has 1 aromatic rings. The van der Waals surface area contributed by atoms with E-state index in [0.717, 1.165) is 90.4 Å². The third kappa shape index (κ3) is 11.4. The van der Waals surface area contributed by atoms with Crippen LogP contribution in [0.3, 0.4) is 0 Å². The van der Waals surface area contributed by atoms with Crippen LogP contribution in [0.2, 0.25) is 0 Å². The van der Waals surface area contributed by atoms with Gasteiger partial charge in [0.2, 0.25) is 0 Å². The lowest BCUT2D eigenvalue weighted by Gasteiger charge is -2.58. The Morgan fingerprint density at radius 1 is 0.881 bits per heavy atom. The second kappa shape index (κ2) is 22.6. The number of nitrogens with zero attached hydrogens (tertiary/aromatic N) is 1. The van der Waals surface area contributed by atoms with E-state index in [1.807, 2.05) is 0 Å². The molecule has 0 aromatic heterocycles. The summed E-state index contributed by atoms with van der Waals surface area (Å²) >= 11 is 0. The van der Waals surface area contributed by atoms with Gasteiger partial charge in [-0.15, -0.1) is 0 Å². The summed E-state index contributed by atoms with van der Waals surface area (Å²) in [7, 11) is 3.26. The molecule has 1 aromatic carbocycles. The van der Waals surface area contributed by atoms with Crippen molar-refractivity contribution < 1.29 is 67.9 Å². The third-order valence-electron chi connectivity index (χ3n) is 17.1. The van der Waals surface area contributed by atoms with Crippen LogP contribution >= 0.6 is 0 Å². The van der Waals surface area contributed by atoms with E-state index in [9.17, 15) is 30.0 Å². The lowest BCUT2D eigenvalue weighted by Crippen LogP contribution is -2.62. The second-order valence-electron chi connectivity index (χ2n) is 21.3. The Hall–Kier alpha value is -2.70. The van der Waals surface area contributed by atoms with Crippen molar-refractivity contribution in [1.29, 1.82) is 0 Å². The number of methoxy groups -OCH3 is 2. The number of aliphatic hydroxyl groups excluding tert-OH is 4. The normalized spacial score (nSPS) is 39.3. The van der Waals surface area contributed by atoms with Crippen LogP contribution in [0, 0.1) is 46.3 Å². The summed E-state index contributed by atoms with van der Waals surface area (Å²) in [5.74, 6) is 1.40. The van der Waals surface area contributed by atoms with Crippen molar-refractivity contribution >= 4 is 11.9 Å². The van der Waals surface area contributed by atoms with E-state index in [0.29, 0.717) is 35.3 Å². The molecule has 0 bridgehead atoms. The molecule has 2 aliphatic heterocycles. The number of hydrogen-bond acceptors (Lipinski definition) is 15. The molecule has 378 valence electrons. The summed E-state index contributed by atoms with van der Waals surface area (Å²) in [4.78, 5) is 28.8. The highest BCUT2D eigenvalue weighted by Gasteiger charge is 2.63. The van der Waals surface area contributed by atoms with Crippen molar-refractivity contribution in [2.24, 2.45) is 46.3 Å². The fourth-order valence-corrected chi connectivity index (χ4v) is 13.5. The summed E-state index contributed by atoms with van der Waals surface area (Å²) in [6, 6.07) is 6.20. The van der Waals surface area contributed by atoms with Crippen molar-refractivity contribution in [3.8, 4) is 5.75 Å². The number of rotatable bonds is 19. The summed E-state index contributed by atoms with van der Waals surface area (Å²) in [6.07, 6.45) is 0.705. The van der Waals surface area contributed by atoms with Gasteiger partial charge in [0.25, 0.3) is 0 Å². The first kappa shape index (κ1) is 52.1. The Morgan fingerprint density at radius 2 is 1.60 bits per heavy atom. The first-order chi connectivity index (χ1) is 32.0. The summed E-state index contributed by atoms with van der Waals surface area (Å²) in [5, 5.41) is 44.0. The van der Waals surface area contributed by atoms with E-state index < -0.39 is 61.1 Å². The van der Waals surface area contributed by atoms with Gasteiger partial charge in [-0.2, -0.15) is 0 Å². The van der Waals surface area contributed by atoms with E-state index in [2.05, 4.69) is 45.6 Å². The Balaban J connectivity index is 1.13. The maximum absolute atomic E-state index is 13.4. The smallest absolute Gasteiger partial charge is 0.338 e. The number of likely N-dealkylation sites (N-methyl/N-ethyl adjacent to an activating group) is 1. The van der Waals surface area contributed by atoms with Crippen LogP contribution in [0.1, 0.15) is 116 Å². The standard InChI is InChI=1S/C52H81NO14/c1-9-53(23-24-60-7)27-30(2)11-10-12-31(3)43-42(26-39-37-18-15-34-25-35(55)19-21-51(34,5)38(37)20-22-52(39,43)6)65-50-47(64-32(4)54)45(41(57)29-63-50)67-49-46(44(58)40(56)28-62-49)66-48(59)33-13-16-36(61-8)17-14-33/h13-17,30-31,35,37-47,49-50,55-58H,9-12,18-29H2,1-8H3/t30-,31-,35+,37?,38?,39?,40-,41+,42+,43+,44+,45+,46-,47-,49+,50+,51+,52+/m1/s1. The lowest BCUT2D eigenvalue weighted by atomic mass is 9.47. The van der Waals surface area contributed by atoms with Crippen LogP contribution in [-0.4, -0.2) is 152 Å². The van der Waals surface area contributed by atoms with Crippen LogP contribution in [0.4, 0.5) is 0 Å². The van der Waals surface area contributed by atoms with Gasteiger partial charge >= 0.3 is 11.9 Å². The molecule has 0 amide bonds. The van der Waals surface area contributed by atoms with Gasteiger partial charge in [0, 0.05) is 27.1 Å². The number of fused-ring (bicyclic) bond motifs is 5. The van der Waals surface area contributed by atoms with Crippen molar-refractivity contribution in [3.05, 3.63) is 41.5 Å². The molecule has 2 heterocycles. The SMILES string of the molecule is CCN(CCOC)C[C@H](C)CCC[C@@H](C)[C@H]1[C@@H](O[C@@H]2OC[C@H](O)[C@H](O[C@@H]3OC[C@@H](O)[C@H](O)[C@H]3OC(=O)c3ccc(OC)cc3)[C@H]2OC(C)=O)CC2C3CC=C4C[C@@H](O)CC[C@]4(C)C3CC[C@@]21C. The van der Waals surface area contributed by atoms with Crippen molar-refractivity contribution in [2.75, 3.05) is 53.7 Å². The molecule has 15 nitrogen and oxygen atoms in total. The van der Waals surface area contributed by atoms with Gasteiger partial charge in [-0.05, 0) is 129 Å². The fraction of sp³-hybridized carbons (Fsp3) is 0.808. The zero-order chi connectivity index (χ0) is 48.2. The van der Waals surface area contributed by atoms with Crippen LogP contribution < -0.4 is 4.74 Å². The predicted octanol–water partition coefficient (Wildman–Crippen LogP) is 5.68. The van der Waals surface area contributed by atoms with Crippen LogP contribution in [0.15, 0.2) is 35.9 Å². The zero-order valence-electron chi connectivity index (χ0n) is 41.3. The molecule has 7 rings (SSSR count). The molecule has 6 aliphatic rings. The topological polar surface area (TPSA) is 192 Å². The number of hydrogen-bond donors (Lipinski definition) is 4. The van der Waals surface area contributed by atoms with Crippen molar-refractivity contribution in [2.45, 2.75) is 167 Å². The van der Waals surface area contributed by atoms with Crippen LogP contribution in [0.25, 0.3) is 0 Å². The molecule has 3 saturated carbocycles. The maximum Gasteiger partial charge on any atom is 0.338 e. The highest BCUT2D eigenvalue weighted by atomic mass is 16.7. The van der Waals surface area contributed by atoms with Gasteiger partial charge in [0.15, 0.2) is 24.8 Å². The van der Waals surface area contributed by atoms with Gasteiger partial charge in [-0.25, -0.2) is 4.79 Å². The summed E-state index contributed by atoms with van der Waals surface area (Å²) in [6.45, 7) is 16.2. The maximum atomic E-state index is 13.4. The first-order valence-corrected chi connectivity index (χ1v) is 25.2. The molecule has 67 heavy (non-hydrogen) atoms. The minimum atomic E-state index is -1.60. The molecule has 4 aliphatic carbocycles. The Labute approximate surface area is 398 Å². The fourth-order valence-electron chi connectivity index (χ4n) is 13.5. The second-order valence-corrected chi connectivity index (χ2v) is 21.3. The van der Waals surface area contributed by atoms with E-state index >= 15 is 0 Å². The predicted molar refractivity (Wildman–Crippen MR) is 248 cm³/mol. The van der Waals surface area contributed by atoms with Crippen molar-refractivity contribution in [3.63, 3.8) is 0 Å². The van der Waals surface area contributed by atoms with Gasteiger partial charge in [-0.3, -0.25) is 4.79 Å². The lowest BCUT2D eigenvalue weighted by molar-refractivity contribution is -0.340. The van der Waals surface area contributed by atoms with E-state index in [1.54, 1.807) is 19.2 Å². The zero-order valence-corrected chi connectivity index (χ0v) is 41.3. The summed E-state index contributed by atoms with van der Waals surface area (Å²) in [5.41, 5.74) is 1.61. The van der Waals surface area contributed by atoms with Gasteiger partial charge in [-0.1, -0.05) is 59.1 Å². The minimum Gasteiger partial charge on any atom is -0.497 e. The highest BCUT2D eigenvalue weighted by Crippen LogP contribution is 2.68. The Bertz CT molecular complexity index is 1810. The quantitative estimate of drug-likeness (QED) is 0.0978. The van der Waals surface area contributed by atoms with Crippen molar-refractivity contribution in [1.82, 2.24) is 4.90 Å². The molecule has 5 fully saturated rings. The largest absolute Gasteiger partial charge is 0.497 e. The van der Waals surface area contributed by atoms with Crippen LogP contribution in [0.5, 0.6) is 5.75 Å². The number of aliphatic hydroxyl groups is 4. The molecule has 18 atom stereocenters. The number of allylic oxidation sites excluding steroid dienone is 1. The van der Waals surface area contributed by atoms with E-state index in [-0.39, 0.29) is 47.7 Å². The minimum absolute atomic E-state index is 0.0409. The van der Waals surface area contributed by atoms with Gasteiger partial charge in [0.1, 0.15) is 30.2 Å². The number of benzene rings is 1. The number of carbonyl (C=O) groups is 2. The average molecular weight is 944 g/mol. The Morgan fingerprint density at radius 3 is 2.28 bits per heavy atom. The molecule has 15 heteroatoms. The molecule has 4 N–H and O–H groups in total. The van der Waals surface area contributed by atoms with Gasteiger partial charge in [0.05, 0.1) is 44.7 Å². The summed E-state index contributed by atoms with van der Waals surface area (Å²) < 4.78 is 48.0. The Kier molecular flexibility index (Phi) is 17.6. The average Bonchev–Trinajstić information content (AvgIpc) is 3.61. The number of carbonyl (C=O) groups excluding carboxylic acids is 2. The van der Waals surface area contributed by atoms with E-state index in [1.165, 1.54) is 31.7 Å². The monoisotopic (exact) mass is 944 g/mol. The molecular weight excluding hydrogens is 863 g/mol. The van der Waals surface area contributed by atoms with Crippen LogP contribution in [-0.2, 0) is 38.0 Å². The number of ether oxygens (including phenoxy) is 8. The highest BCUT2D eigenvalue weighted by molar-refractivity contribution is 5.89. The first-order valence-electron chi connectivity index (χ1n) is 25.2. The van der Waals surface area contributed by atoms with E-state index in [4.69, 9.17) is 37.9 Å². The number of esters is 2. The third-order valence-corrected chi connectivity index (χ3v) is 17.1. The molecule has 0 radical (unpaired) electrons. The molecule has 2 saturated heterocycles. The molecular formula is C52H81NO14. The van der Waals surface area contributed by atoms with Gasteiger partial charge < -0.3 is 63.2 Å².